The van der Waals surface area contributed by atoms with Gasteiger partial charge in [-0.05, 0) is 54.1 Å². The molecule has 0 bridgehead atoms. The van der Waals surface area contributed by atoms with Gasteiger partial charge >= 0.3 is 12.3 Å². The van der Waals surface area contributed by atoms with Gasteiger partial charge in [-0.1, -0.05) is 6.07 Å². The molecule has 1 aromatic heterocycles. The Morgan fingerprint density at radius 2 is 1.82 bits per heavy atom. The molecule has 3 aromatic rings. The van der Waals surface area contributed by atoms with Crippen LogP contribution in [0.1, 0.15) is 37.4 Å². The molecular formula is C27H18F4N4O4. The zero-order valence-electron chi connectivity index (χ0n) is 20.0. The number of nitriles is 1. The fraction of sp³-hybridized carbons (Fsp3) is 0.185. The minimum atomic E-state index is -4.92. The number of carbonyl (C=O) groups is 2. The number of pyridine rings is 1. The van der Waals surface area contributed by atoms with E-state index in [0.717, 1.165) is 24.3 Å². The Kier molecular flexibility index (Phi) is 6.66. The monoisotopic (exact) mass is 538 g/mol. The first kappa shape index (κ1) is 25.7. The zero-order chi connectivity index (χ0) is 27.7. The van der Waals surface area contributed by atoms with Crippen molar-refractivity contribution in [3.8, 4) is 11.8 Å². The van der Waals surface area contributed by atoms with E-state index in [1.165, 1.54) is 29.3 Å². The molecule has 1 fully saturated rings. The Balaban J connectivity index is 1.34. The lowest BCUT2D eigenvalue weighted by molar-refractivity contribution is -0.274. The van der Waals surface area contributed by atoms with Crippen LogP contribution in [0.2, 0.25) is 0 Å². The van der Waals surface area contributed by atoms with Crippen molar-refractivity contribution in [2.75, 3.05) is 31.1 Å². The van der Waals surface area contributed by atoms with Crippen molar-refractivity contribution >= 4 is 29.5 Å². The summed E-state index contributed by atoms with van der Waals surface area (Å²) in [6.45, 7) is 1.51. The largest absolute Gasteiger partial charge is 0.573 e. The van der Waals surface area contributed by atoms with Crippen LogP contribution in [-0.4, -0.2) is 54.3 Å². The van der Waals surface area contributed by atoms with Crippen molar-refractivity contribution in [2.45, 2.75) is 6.36 Å². The second-order valence-electron chi connectivity index (χ2n) is 8.69. The summed E-state index contributed by atoms with van der Waals surface area (Å²) in [6, 6.07) is 12.3. The first-order chi connectivity index (χ1) is 18.6. The van der Waals surface area contributed by atoms with E-state index in [1.807, 2.05) is 11.0 Å². The van der Waals surface area contributed by atoms with Crippen LogP contribution in [0, 0.1) is 17.1 Å². The maximum atomic E-state index is 14.7. The highest BCUT2D eigenvalue weighted by atomic mass is 19.4. The number of aromatic nitrogens is 1. The number of hydrogen-bond donors (Lipinski definition) is 0. The van der Waals surface area contributed by atoms with E-state index in [4.69, 9.17) is 10.00 Å². The first-order valence-corrected chi connectivity index (χ1v) is 11.7. The Bertz CT molecular complexity index is 1520. The minimum Gasteiger partial charge on any atom is -0.422 e. The van der Waals surface area contributed by atoms with Gasteiger partial charge in [0.1, 0.15) is 29.2 Å². The van der Waals surface area contributed by atoms with Crippen LogP contribution < -0.4 is 9.64 Å². The average Bonchev–Trinajstić information content (AvgIpc) is 3.22. The maximum Gasteiger partial charge on any atom is 0.573 e. The van der Waals surface area contributed by atoms with Gasteiger partial charge in [0.05, 0.1) is 16.7 Å². The van der Waals surface area contributed by atoms with Crippen molar-refractivity contribution in [1.29, 1.82) is 5.26 Å². The van der Waals surface area contributed by atoms with E-state index in [1.54, 1.807) is 12.1 Å². The maximum absolute atomic E-state index is 14.7. The molecule has 0 radical (unpaired) electrons. The van der Waals surface area contributed by atoms with Crippen LogP contribution in [-0.2, 0) is 4.74 Å². The van der Waals surface area contributed by atoms with Crippen LogP contribution in [0.3, 0.4) is 0 Å². The highest BCUT2D eigenvalue weighted by molar-refractivity contribution is 6.06. The number of benzene rings is 2. The molecule has 2 aliphatic heterocycles. The number of hydrogen-bond acceptors (Lipinski definition) is 7. The molecule has 2 aromatic carbocycles. The van der Waals surface area contributed by atoms with Crippen molar-refractivity contribution in [2.24, 2.45) is 0 Å². The molecule has 1 saturated heterocycles. The Labute approximate surface area is 219 Å². The number of rotatable bonds is 4. The van der Waals surface area contributed by atoms with Gasteiger partial charge < -0.3 is 19.3 Å². The molecular weight excluding hydrogens is 520 g/mol. The fourth-order valence-corrected chi connectivity index (χ4v) is 4.32. The van der Waals surface area contributed by atoms with Crippen LogP contribution in [0.5, 0.6) is 5.75 Å². The topological polar surface area (TPSA) is 95.8 Å². The van der Waals surface area contributed by atoms with Gasteiger partial charge in [0.25, 0.3) is 5.91 Å². The predicted octanol–water partition coefficient (Wildman–Crippen LogP) is 4.62. The fourth-order valence-electron chi connectivity index (χ4n) is 4.32. The molecule has 198 valence electrons. The average molecular weight is 538 g/mol. The normalized spacial score (nSPS) is 16.1. The standard InChI is InChI=1S/C27H18F4N4O4/c28-22-5-1-16(12-23-20-13-18(39-27(29,30)31)3-4-19(20)26(37)38-23)11-21(22)25(36)35-9-7-34(8-10-35)24-6-2-17(14-32)15-33-24/h1-6,11-13,15H,7-10H2. The number of amides is 1. The third-order valence-electron chi connectivity index (χ3n) is 6.20. The van der Waals surface area contributed by atoms with E-state index < -0.39 is 29.8 Å². The second-order valence-corrected chi connectivity index (χ2v) is 8.69. The third-order valence-corrected chi connectivity index (χ3v) is 6.20. The lowest BCUT2D eigenvalue weighted by Crippen LogP contribution is -2.49. The molecule has 0 saturated carbocycles. The molecule has 3 heterocycles. The molecule has 2 aliphatic rings. The summed E-state index contributed by atoms with van der Waals surface area (Å²) < 4.78 is 61.7. The van der Waals surface area contributed by atoms with Gasteiger partial charge in [-0.2, -0.15) is 5.26 Å². The summed E-state index contributed by atoms with van der Waals surface area (Å²) in [5.74, 6) is -1.97. The minimum absolute atomic E-state index is 0.0452. The first-order valence-electron chi connectivity index (χ1n) is 11.7. The lowest BCUT2D eigenvalue weighted by Gasteiger charge is -2.35. The quantitative estimate of drug-likeness (QED) is 0.353. The lowest BCUT2D eigenvalue weighted by atomic mass is 10.0. The number of piperazine rings is 1. The number of cyclic esters (lactones) is 1. The summed E-state index contributed by atoms with van der Waals surface area (Å²) in [5.41, 5.74) is 0.657. The SMILES string of the molecule is N#Cc1ccc(N2CCN(C(=O)c3cc(C=C4OC(=O)c5ccc(OC(F)(F)F)cc54)ccc3F)CC2)nc1. The van der Waals surface area contributed by atoms with Crippen molar-refractivity contribution in [3.63, 3.8) is 0 Å². The summed E-state index contributed by atoms with van der Waals surface area (Å²) in [4.78, 5) is 33.0. The molecule has 1 amide bonds. The molecule has 39 heavy (non-hydrogen) atoms. The zero-order valence-corrected chi connectivity index (χ0v) is 20.0. The number of ether oxygens (including phenoxy) is 2. The van der Waals surface area contributed by atoms with E-state index in [0.29, 0.717) is 43.1 Å². The predicted molar refractivity (Wildman–Crippen MR) is 130 cm³/mol. The molecule has 8 nitrogen and oxygen atoms in total. The van der Waals surface area contributed by atoms with E-state index >= 15 is 0 Å². The number of carbonyl (C=O) groups excluding carboxylic acids is 2. The highest BCUT2D eigenvalue weighted by Crippen LogP contribution is 2.35. The van der Waals surface area contributed by atoms with Gasteiger partial charge in [-0.3, -0.25) is 4.79 Å². The molecule has 0 unspecified atom stereocenters. The van der Waals surface area contributed by atoms with Crippen molar-refractivity contribution in [1.82, 2.24) is 9.88 Å². The summed E-state index contributed by atoms with van der Waals surface area (Å²) >= 11 is 0. The molecule has 12 heteroatoms. The number of halogens is 4. The van der Waals surface area contributed by atoms with Crippen LogP contribution >= 0.6 is 0 Å². The number of esters is 1. The Morgan fingerprint density at radius 1 is 1.05 bits per heavy atom. The molecule has 0 aliphatic carbocycles. The third kappa shape index (κ3) is 5.52. The number of fused-ring (bicyclic) bond motifs is 1. The number of nitrogens with zero attached hydrogens (tertiary/aromatic N) is 4. The summed E-state index contributed by atoms with van der Waals surface area (Å²) in [6.07, 6.45) is -2.12. The summed E-state index contributed by atoms with van der Waals surface area (Å²) in [7, 11) is 0. The van der Waals surface area contributed by atoms with Crippen molar-refractivity contribution < 1.29 is 36.6 Å². The number of anilines is 1. The molecule has 5 rings (SSSR count). The Hall–Kier alpha value is -4.92. The van der Waals surface area contributed by atoms with E-state index in [2.05, 4.69) is 9.72 Å². The van der Waals surface area contributed by atoms with Crippen LogP contribution in [0.15, 0.2) is 54.7 Å². The van der Waals surface area contributed by atoms with Gasteiger partial charge in [0.2, 0.25) is 0 Å². The molecule has 0 N–H and O–H groups in total. The van der Waals surface area contributed by atoms with Gasteiger partial charge in [0, 0.05) is 37.9 Å². The van der Waals surface area contributed by atoms with E-state index in [9.17, 15) is 27.2 Å². The van der Waals surface area contributed by atoms with Gasteiger partial charge in [-0.25, -0.2) is 14.2 Å². The Morgan fingerprint density at radius 3 is 2.49 bits per heavy atom. The van der Waals surface area contributed by atoms with Crippen LogP contribution in [0.4, 0.5) is 23.4 Å². The highest BCUT2D eigenvalue weighted by Gasteiger charge is 2.33. The second kappa shape index (κ2) is 10.1. The van der Waals surface area contributed by atoms with Crippen molar-refractivity contribution in [3.05, 3.63) is 88.4 Å². The van der Waals surface area contributed by atoms with Gasteiger partial charge in [0.15, 0.2) is 0 Å². The smallest absolute Gasteiger partial charge is 0.422 e. The van der Waals surface area contributed by atoms with Gasteiger partial charge in [-0.15, -0.1) is 13.2 Å². The molecule has 0 spiro atoms. The molecule has 0 atom stereocenters. The number of alkyl halides is 3. The van der Waals surface area contributed by atoms with Crippen LogP contribution in [0.25, 0.3) is 11.8 Å². The van der Waals surface area contributed by atoms with E-state index in [-0.39, 0.29) is 22.4 Å². The summed E-state index contributed by atoms with van der Waals surface area (Å²) in [5, 5.41) is 8.92.